The molecule has 0 bridgehead atoms. The minimum absolute atomic E-state index is 0.592. The number of hydrogen-bond acceptors (Lipinski definition) is 4. The van der Waals surface area contributed by atoms with Crippen molar-refractivity contribution < 1.29 is 5.11 Å². The van der Waals surface area contributed by atoms with Crippen molar-refractivity contribution in [3.8, 4) is 0 Å². The smallest absolute Gasteiger partial charge is 0.123 e. The molecule has 2 aromatic heterocycles. The van der Waals surface area contributed by atoms with Gasteiger partial charge in [0, 0.05) is 6.20 Å². The summed E-state index contributed by atoms with van der Waals surface area (Å²) < 4.78 is 0. The Kier molecular flexibility index (Phi) is 2.56. The molecule has 0 amide bonds. The Morgan fingerprint density at radius 3 is 2.79 bits per heavy atom. The van der Waals surface area contributed by atoms with Crippen LogP contribution < -0.4 is 0 Å². The van der Waals surface area contributed by atoms with Gasteiger partial charge in [-0.3, -0.25) is 9.97 Å². The minimum atomic E-state index is -0.658. The number of aliphatic hydroxyl groups is 1. The predicted molar refractivity (Wildman–Crippen MR) is 55.1 cm³/mol. The van der Waals surface area contributed by atoms with Crippen molar-refractivity contribution >= 4 is 11.3 Å². The van der Waals surface area contributed by atoms with Crippen molar-refractivity contribution in [2.24, 2.45) is 0 Å². The molecule has 0 aliphatic carbocycles. The maximum atomic E-state index is 9.88. The van der Waals surface area contributed by atoms with E-state index in [4.69, 9.17) is 0 Å². The first-order valence-corrected chi connectivity index (χ1v) is 5.20. The molecule has 1 atom stereocenters. The second-order valence-corrected chi connectivity index (χ2v) is 3.82. The molecule has 0 spiro atoms. The van der Waals surface area contributed by atoms with Gasteiger partial charge in [-0.05, 0) is 29.3 Å². The van der Waals surface area contributed by atoms with E-state index in [-0.39, 0.29) is 0 Å². The molecule has 0 fully saturated rings. The molecule has 72 valence electrons. The summed E-state index contributed by atoms with van der Waals surface area (Å²) in [5.74, 6) is 0. The maximum absolute atomic E-state index is 9.88. The second-order valence-electron chi connectivity index (χ2n) is 3.04. The lowest BCUT2D eigenvalue weighted by Gasteiger charge is -2.07. The van der Waals surface area contributed by atoms with Crippen molar-refractivity contribution in [1.82, 2.24) is 9.97 Å². The van der Waals surface area contributed by atoms with Crippen LogP contribution >= 0.6 is 11.3 Å². The Morgan fingerprint density at radius 2 is 2.21 bits per heavy atom. The van der Waals surface area contributed by atoms with Crippen LogP contribution in [0.3, 0.4) is 0 Å². The summed E-state index contributed by atoms with van der Waals surface area (Å²) in [6, 6.07) is 1.89. The van der Waals surface area contributed by atoms with Gasteiger partial charge in [0.25, 0.3) is 0 Å². The van der Waals surface area contributed by atoms with Gasteiger partial charge >= 0.3 is 0 Å². The van der Waals surface area contributed by atoms with Crippen LogP contribution in [0.25, 0.3) is 0 Å². The van der Waals surface area contributed by atoms with E-state index in [1.165, 1.54) is 0 Å². The highest BCUT2D eigenvalue weighted by molar-refractivity contribution is 7.07. The van der Waals surface area contributed by atoms with Gasteiger partial charge in [0.05, 0.1) is 17.6 Å². The van der Waals surface area contributed by atoms with Gasteiger partial charge in [-0.15, -0.1) is 0 Å². The molecule has 14 heavy (non-hydrogen) atoms. The van der Waals surface area contributed by atoms with Crippen molar-refractivity contribution in [2.45, 2.75) is 13.0 Å². The summed E-state index contributed by atoms with van der Waals surface area (Å²) in [7, 11) is 0. The molecule has 0 aliphatic heterocycles. The van der Waals surface area contributed by atoms with Crippen molar-refractivity contribution in [3.05, 3.63) is 46.2 Å². The standard InChI is InChI=1S/C10H10N2OS/c1-7-4-12-9(5-11-7)10(13)8-2-3-14-6-8/h2-6,10,13H,1H3. The molecule has 2 aromatic rings. The highest BCUT2D eigenvalue weighted by Crippen LogP contribution is 2.21. The van der Waals surface area contributed by atoms with E-state index in [0.29, 0.717) is 5.69 Å². The van der Waals surface area contributed by atoms with E-state index < -0.39 is 6.10 Å². The van der Waals surface area contributed by atoms with Gasteiger partial charge in [0.2, 0.25) is 0 Å². The van der Waals surface area contributed by atoms with Crippen LogP contribution in [0.1, 0.15) is 23.1 Å². The fraction of sp³-hybridized carbons (Fsp3) is 0.200. The lowest BCUT2D eigenvalue weighted by atomic mass is 10.1. The van der Waals surface area contributed by atoms with Crippen LogP contribution in [0.15, 0.2) is 29.2 Å². The summed E-state index contributed by atoms with van der Waals surface area (Å²) in [4.78, 5) is 8.22. The third-order valence-corrected chi connectivity index (χ3v) is 2.64. The molecule has 3 nitrogen and oxygen atoms in total. The van der Waals surface area contributed by atoms with Gasteiger partial charge < -0.3 is 5.11 Å². The van der Waals surface area contributed by atoms with Crippen molar-refractivity contribution in [1.29, 1.82) is 0 Å². The minimum Gasteiger partial charge on any atom is -0.382 e. The molecule has 0 saturated heterocycles. The summed E-state index contributed by atoms with van der Waals surface area (Å²) in [5.41, 5.74) is 2.31. The van der Waals surface area contributed by atoms with E-state index in [9.17, 15) is 5.11 Å². The molecule has 1 unspecified atom stereocenters. The molecule has 1 N–H and O–H groups in total. The van der Waals surface area contributed by atoms with E-state index in [0.717, 1.165) is 11.3 Å². The highest BCUT2D eigenvalue weighted by Gasteiger charge is 2.11. The Labute approximate surface area is 86.1 Å². The molecule has 4 heteroatoms. The number of rotatable bonds is 2. The Balaban J connectivity index is 2.28. The maximum Gasteiger partial charge on any atom is 0.123 e. The molecule has 0 saturated carbocycles. The Morgan fingerprint density at radius 1 is 1.36 bits per heavy atom. The van der Waals surface area contributed by atoms with Crippen LogP contribution in [-0.2, 0) is 0 Å². The SMILES string of the molecule is Cc1cnc(C(O)c2ccsc2)cn1. The first kappa shape index (κ1) is 9.30. The number of aromatic nitrogens is 2. The van der Waals surface area contributed by atoms with Crippen LogP contribution in [0.2, 0.25) is 0 Å². The predicted octanol–water partition coefficient (Wildman–Crippen LogP) is 1.93. The van der Waals surface area contributed by atoms with Crippen molar-refractivity contribution in [3.63, 3.8) is 0 Å². The van der Waals surface area contributed by atoms with Gasteiger partial charge in [0.1, 0.15) is 6.10 Å². The van der Waals surface area contributed by atoms with Gasteiger partial charge in [-0.2, -0.15) is 11.3 Å². The third kappa shape index (κ3) is 1.81. The van der Waals surface area contributed by atoms with Crippen molar-refractivity contribution in [2.75, 3.05) is 0 Å². The summed E-state index contributed by atoms with van der Waals surface area (Å²) in [5, 5.41) is 13.7. The fourth-order valence-electron chi connectivity index (χ4n) is 1.15. The molecule has 0 aromatic carbocycles. The molecule has 2 heterocycles. The van der Waals surface area contributed by atoms with E-state index in [2.05, 4.69) is 9.97 Å². The van der Waals surface area contributed by atoms with E-state index in [1.54, 1.807) is 23.7 Å². The summed E-state index contributed by atoms with van der Waals surface area (Å²) >= 11 is 1.56. The molecular formula is C10H10N2OS. The Bertz CT molecular complexity index is 397. The van der Waals surface area contributed by atoms with Gasteiger partial charge in [-0.1, -0.05) is 0 Å². The zero-order chi connectivity index (χ0) is 9.97. The Hall–Kier alpha value is -1.26. The van der Waals surface area contributed by atoms with Crippen LogP contribution in [0, 0.1) is 6.92 Å². The lowest BCUT2D eigenvalue weighted by Crippen LogP contribution is -2.02. The highest BCUT2D eigenvalue weighted by atomic mass is 32.1. The quantitative estimate of drug-likeness (QED) is 0.816. The van der Waals surface area contributed by atoms with E-state index >= 15 is 0 Å². The lowest BCUT2D eigenvalue weighted by molar-refractivity contribution is 0.215. The normalized spacial score (nSPS) is 12.7. The monoisotopic (exact) mass is 206 g/mol. The van der Waals surface area contributed by atoms with Crippen LogP contribution in [-0.4, -0.2) is 15.1 Å². The largest absolute Gasteiger partial charge is 0.382 e. The zero-order valence-electron chi connectivity index (χ0n) is 7.71. The second kappa shape index (κ2) is 3.86. The third-order valence-electron chi connectivity index (χ3n) is 1.94. The number of nitrogens with zero attached hydrogens (tertiary/aromatic N) is 2. The molecule has 0 aliphatic rings. The average Bonchev–Trinajstić information content (AvgIpc) is 2.71. The van der Waals surface area contributed by atoms with Gasteiger partial charge in [0.15, 0.2) is 0 Å². The molecule has 2 rings (SSSR count). The zero-order valence-corrected chi connectivity index (χ0v) is 8.53. The number of thiophene rings is 1. The van der Waals surface area contributed by atoms with Crippen LogP contribution in [0.5, 0.6) is 0 Å². The van der Waals surface area contributed by atoms with E-state index in [1.807, 2.05) is 23.8 Å². The first-order valence-electron chi connectivity index (χ1n) is 4.26. The molecular weight excluding hydrogens is 196 g/mol. The topological polar surface area (TPSA) is 46.0 Å². The number of aliphatic hydroxyl groups excluding tert-OH is 1. The summed E-state index contributed by atoms with van der Waals surface area (Å²) in [6.45, 7) is 1.87. The fourth-order valence-corrected chi connectivity index (χ4v) is 1.82. The summed E-state index contributed by atoms with van der Waals surface area (Å²) in [6.07, 6.45) is 2.61. The number of aryl methyl sites for hydroxylation is 1. The molecule has 0 radical (unpaired) electrons. The van der Waals surface area contributed by atoms with Gasteiger partial charge in [-0.25, -0.2) is 0 Å². The number of hydrogen-bond donors (Lipinski definition) is 1. The average molecular weight is 206 g/mol. The first-order chi connectivity index (χ1) is 6.77. The van der Waals surface area contributed by atoms with Crippen LogP contribution in [0.4, 0.5) is 0 Å².